The molecule has 5 fully saturated rings. The number of nitrogen functional groups attached to an aromatic ring is 1. The molecule has 8 atom stereocenters. The van der Waals surface area contributed by atoms with Gasteiger partial charge in [0.2, 0.25) is 17.7 Å². The second-order valence-electron chi connectivity index (χ2n) is 22.8. The van der Waals surface area contributed by atoms with E-state index in [1.165, 1.54) is 4.90 Å². The fraction of sp³-hybridized carbons (Fsp3) is 0.508. The van der Waals surface area contributed by atoms with E-state index in [0.29, 0.717) is 71.2 Å². The quantitative estimate of drug-likeness (QED) is 0.0634. The summed E-state index contributed by atoms with van der Waals surface area (Å²) in [5.41, 5.74) is 14.5. The first-order chi connectivity index (χ1) is 37.7. The number of β-amino-alcohol motifs (C(OH)–C–C–N with tert-alkyl or cyclic N) is 1. The van der Waals surface area contributed by atoms with Crippen molar-refractivity contribution in [2.75, 3.05) is 54.9 Å². The molecule has 5 N–H and O–H groups in total. The van der Waals surface area contributed by atoms with Gasteiger partial charge in [0.1, 0.15) is 23.8 Å². The van der Waals surface area contributed by atoms with Crippen molar-refractivity contribution in [3.05, 3.63) is 102 Å². The second-order valence-corrected chi connectivity index (χ2v) is 23.7. The summed E-state index contributed by atoms with van der Waals surface area (Å²) >= 11 is 1.60. The number of aliphatic hydroxyl groups excluding tert-OH is 1. The maximum absolute atomic E-state index is 14.3. The number of phenolic OH excluding ortho intramolecular Hbond substituents is 1. The van der Waals surface area contributed by atoms with Crippen LogP contribution in [0.15, 0.2) is 89.0 Å². The van der Waals surface area contributed by atoms with Crippen molar-refractivity contribution in [1.82, 2.24) is 40.4 Å². The van der Waals surface area contributed by atoms with Crippen molar-refractivity contribution in [3.8, 4) is 39.2 Å². The van der Waals surface area contributed by atoms with Crippen molar-refractivity contribution >= 4 is 40.3 Å². The SMILES string of the molecule is Cc1ncsc1-c1ccc([C@H](C)NC(=O)[C@@H]2C[C@@H](O)CN2C(=O)[C@@H](c2cc(OCC[C@H]3CCN(CC4CC(Oc5cc(N6C7CC[C@@H]6CN(c6cc(-c8ccccc8O)nnc6N)C7)ccn5)C4)[C@H](C)C3)no2)C(C)C)cc1. The molecule has 4 aliphatic heterocycles. The number of pyridine rings is 1. The lowest BCUT2D eigenvalue weighted by atomic mass is 9.80. The van der Waals surface area contributed by atoms with E-state index in [4.69, 9.17) is 19.7 Å². The summed E-state index contributed by atoms with van der Waals surface area (Å²) in [5.74, 6) is 1.62. The number of aryl methyl sites for hydroxylation is 1. The molecule has 18 nitrogen and oxygen atoms in total. The number of para-hydroxylation sites is 1. The molecule has 412 valence electrons. The highest BCUT2D eigenvalue weighted by Crippen LogP contribution is 2.41. The number of fused-ring (bicyclic) bond motifs is 2. The van der Waals surface area contributed by atoms with Crippen LogP contribution in [0.25, 0.3) is 21.7 Å². The highest BCUT2D eigenvalue weighted by Gasteiger charge is 2.45. The lowest BCUT2D eigenvalue weighted by Crippen LogP contribution is -2.54. The zero-order valence-corrected chi connectivity index (χ0v) is 46.1. The van der Waals surface area contributed by atoms with E-state index in [1.54, 1.807) is 29.5 Å². The largest absolute Gasteiger partial charge is 0.507 e. The molecular formula is C59H73N11O7S. The Morgan fingerprint density at radius 2 is 1.69 bits per heavy atom. The summed E-state index contributed by atoms with van der Waals surface area (Å²) < 4.78 is 18.4. The van der Waals surface area contributed by atoms with Crippen molar-refractivity contribution in [2.45, 2.75) is 134 Å². The van der Waals surface area contributed by atoms with Gasteiger partial charge in [0.25, 0.3) is 5.88 Å². The predicted octanol–water partition coefficient (Wildman–Crippen LogP) is 8.41. The van der Waals surface area contributed by atoms with Crippen LogP contribution >= 0.6 is 11.3 Å². The van der Waals surface area contributed by atoms with Gasteiger partial charge in [-0.15, -0.1) is 21.5 Å². The van der Waals surface area contributed by atoms with E-state index < -0.39 is 18.1 Å². The number of benzene rings is 2. The molecule has 1 aliphatic carbocycles. The van der Waals surface area contributed by atoms with Crippen LogP contribution < -0.4 is 30.3 Å². The number of nitrogens with one attached hydrogen (secondary N) is 1. The number of aromatic nitrogens is 5. The minimum absolute atomic E-state index is 0.0623. The van der Waals surface area contributed by atoms with Gasteiger partial charge in [-0.2, -0.15) is 0 Å². The van der Waals surface area contributed by atoms with Crippen LogP contribution in [0.3, 0.4) is 0 Å². The first-order valence-corrected chi connectivity index (χ1v) is 28.8. The number of carbonyl (C=O) groups is 2. The average Bonchev–Trinajstić information content (AvgIpc) is 4.34. The topological polar surface area (TPSA) is 222 Å². The molecule has 2 aromatic carbocycles. The van der Waals surface area contributed by atoms with Crippen molar-refractivity contribution < 1.29 is 33.8 Å². The van der Waals surface area contributed by atoms with Crippen LogP contribution in [0.1, 0.15) is 108 Å². The fourth-order valence-corrected chi connectivity index (χ4v) is 13.6. The van der Waals surface area contributed by atoms with Gasteiger partial charge < -0.3 is 54.9 Å². The number of phenols is 1. The Balaban J connectivity index is 0.610. The Morgan fingerprint density at radius 1 is 0.910 bits per heavy atom. The standard InChI is InChI=1S/C59H73N11O7S/c1-34(2)55(59(74)69-32-45(71)26-50(69)58(73)63-36(4)40-10-12-41(13-11-40)56-37(5)62-33-78-56)52-28-54(66-77-52)75-21-18-38-17-20-67(35(3)22-38)29-39-23-46(24-39)76-53-25-42(16-19-61-53)70-43-14-15-44(70)31-68(30-43)49-27-48(64-65-57(49)60)47-8-6-7-9-51(47)72/h6-13,16,19,25,27-28,33-36,38-39,43-46,50,55,71-72H,14-15,17-18,20-24,26,29-32H2,1-5H3,(H2,60,65)(H,63,73)/t35-,36+,38-,39?,43-,44?,45-,46?,50+,55-/m1/s1. The molecule has 1 unspecified atom stereocenters. The zero-order valence-electron chi connectivity index (χ0n) is 45.3. The molecule has 4 aromatic heterocycles. The molecule has 2 bridgehead atoms. The van der Waals surface area contributed by atoms with Gasteiger partial charge in [-0.25, -0.2) is 9.97 Å². The average molecular weight is 1080 g/mol. The van der Waals surface area contributed by atoms with E-state index in [2.05, 4.69) is 64.4 Å². The lowest BCUT2D eigenvalue weighted by molar-refractivity contribution is -0.141. The van der Waals surface area contributed by atoms with E-state index in [1.807, 2.05) is 81.9 Å². The monoisotopic (exact) mass is 1080 g/mol. The number of nitrogens with zero attached hydrogens (tertiary/aromatic N) is 9. The Bertz CT molecular complexity index is 3040. The molecule has 0 spiro atoms. The highest BCUT2D eigenvalue weighted by molar-refractivity contribution is 7.13. The number of piperidine rings is 1. The number of hydrogen-bond donors (Lipinski definition) is 4. The molecule has 0 radical (unpaired) electrons. The Labute approximate surface area is 460 Å². The molecule has 78 heavy (non-hydrogen) atoms. The number of aliphatic hydroxyl groups is 1. The first-order valence-electron chi connectivity index (χ1n) is 27.9. The van der Waals surface area contributed by atoms with Gasteiger partial charge in [0.05, 0.1) is 46.2 Å². The number of aromatic hydroxyl groups is 1. The first kappa shape index (κ1) is 53.2. The van der Waals surface area contributed by atoms with Crippen LogP contribution in [0.5, 0.6) is 17.5 Å². The Morgan fingerprint density at radius 3 is 2.42 bits per heavy atom. The molecule has 5 aliphatic rings. The predicted molar refractivity (Wildman–Crippen MR) is 299 cm³/mol. The van der Waals surface area contributed by atoms with E-state index >= 15 is 0 Å². The van der Waals surface area contributed by atoms with E-state index in [-0.39, 0.29) is 48.6 Å². The number of hydrogen-bond acceptors (Lipinski definition) is 17. The molecular weight excluding hydrogens is 1010 g/mol. The number of rotatable bonds is 18. The minimum Gasteiger partial charge on any atom is -0.507 e. The Kier molecular flexibility index (Phi) is 15.6. The van der Waals surface area contributed by atoms with Crippen LogP contribution in [-0.4, -0.2) is 133 Å². The van der Waals surface area contributed by atoms with Crippen LogP contribution in [-0.2, 0) is 9.59 Å². The molecule has 6 aromatic rings. The van der Waals surface area contributed by atoms with Gasteiger partial charge in [-0.3, -0.25) is 9.59 Å². The highest BCUT2D eigenvalue weighted by atomic mass is 32.1. The van der Waals surface area contributed by atoms with Gasteiger partial charge >= 0.3 is 0 Å². The van der Waals surface area contributed by atoms with E-state index in [0.717, 1.165) is 104 Å². The summed E-state index contributed by atoms with van der Waals surface area (Å²) in [6, 6.07) is 23.0. The number of piperazine rings is 1. The minimum atomic E-state index is -0.821. The number of ether oxygens (including phenoxy) is 2. The zero-order chi connectivity index (χ0) is 54.2. The maximum atomic E-state index is 14.3. The second kappa shape index (κ2) is 22.9. The lowest BCUT2D eigenvalue weighted by Gasteiger charge is -2.44. The number of amides is 2. The number of thiazole rings is 1. The third-order valence-electron chi connectivity index (χ3n) is 17.1. The van der Waals surface area contributed by atoms with Crippen LogP contribution in [0.4, 0.5) is 17.2 Å². The van der Waals surface area contributed by atoms with Gasteiger partial charge in [-0.1, -0.05) is 50.2 Å². The summed E-state index contributed by atoms with van der Waals surface area (Å²) in [7, 11) is 0. The number of likely N-dealkylation sites (tertiary alicyclic amines) is 2. The Hall–Kier alpha value is -6.83. The fourth-order valence-electron chi connectivity index (χ4n) is 12.8. The maximum Gasteiger partial charge on any atom is 0.254 e. The van der Waals surface area contributed by atoms with Crippen molar-refractivity contribution in [2.24, 2.45) is 17.8 Å². The molecule has 19 heteroatoms. The number of carbonyl (C=O) groups excluding carboxylic acids is 2. The normalized spacial score (nSPS) is 25.0. The molecule has 4 saturated heterocycles. The number of anilines is 3. The summed E-state index contributed by atoms with van der Waals surface area (Å²) in [4.78, 5) is 47.2. The molecule has 11 rings (SSSR count). The molecule has 8 heterocycles. The van der Waals surface area contributed by atoms with Crippen LogP contribution in [0, 0.1) is 24.7 Å². The van der Waals surface area contributed by atoms with Crippen molar-refractivity contribution in [1.29, 1.82) is 0 Å². The summed E-state index contributed by atoms with van der Waals surface area (Å²) in [6.45, 7) is 14.4. The molecule has 2 amide bonds. The van der Waals surface area contributed by atoms with Crippen molar-refractivity contribution in [3.63, 3.8) is 0 Å². The molecule has 1 saturated carbocycles. The third-order valence-corrected chi connectivity index (χ3v) is 18.1. The van der Waals surface area contributed by atoms with Gasteiger partial charge in [-0.05, 0) is 131 Å². The smallest absolute Gasteiger partial charge is 0.254 e. The summed E-state index contributed by atoms with van der Waals surface area (Å²) in [6.07, 6.45) is 8.65. The number of nitrogens with two attached hydrogens (primary N) is 1. The van der Waals surface area contributed by atoms with E-state index in [9.17, 15) is 19.8 Å². The van der Waals surface area contributed by atoms with Crippen LogP contribution in [0.2, 0.25) is 0 Å². The van der Waals surface area contributed by atoms with Gasteiger partial charge in [0.15, 0.2) is 11.6 Å². The third kappa shape index (κ3) is 11.4. The van der Waals surface area contributed by atoms with Gasteiger partial charge in [0, 0.05) is 80.3 Å². The summed E-state index contributed by atoms with van der Waals surface area (Å²) in [5, 5.41) is 37.1.